The van der Waals surface area contributed by atoms with E-state index in [1.54, 1.807) is 0 Å². The highest BCUT2D eigenvalue weighted by molar-refractivity contribution is 5.55. The van der Waals surface area contributed by atoms with Crippen LogP contribution in [0.2, 0.25) is 0 Å². The third kappa shape index (κ3) is 4.34. The topological polar surface area (TPSA) is 55.2 Å². The zero-order valence-corrected chi connectivity index (χ0v) is 12.4. The van der Waals surface area contributed by atoms with Gasteiger partial charge in [0.2, 0.25) is 0 Å². The Morgan fingerprint density at radius 3 is 2.29 bits per heavy atom. The molecule has 0 unspecified atom stereocenters. The summed E-state index contributed by atoms with van der Waals surface area (Å²) in [5.74, 6) is 0.338. The van der Waals surface area contributed by atoms with E-state index < -0.39 is 22.4 Å². The standard InChI is InChI=1S/C14H19F3N2O2/c1-9(2)13(3,4)8-18-10-5-6-12(19(20)21)11(7-10)14(15,16)17/h5-7,9,18H,8H2,1-4H3. The molecule has 0 atom stereocenters. The summed E-state index contributed by atoms with van der Waals surface area (Å²) in [6, 6.07) is 2.96. The molecule has 0 amide bonds. The predicted molar refractivity (Wildman–Crippen MR) is 75.2 cm³/mol. The molecule has 1 aromatic rings. The molecule has 0 aromatic heterocycles. The SMILES string of the molecule is CC(C)C(C)(C)CNc1ccc([N+](=O)[O-])c(C(F)(F)F)c1. The van der Waals surface area contributed by atoms with Crippen molar-refractivity contribution in [1.29, 1.82) is 0 Å². The molecule has 118 valence electrons. The molecule has 4 nitrogen and oxygen atoms in total. The number of nitro benzene ring substituents is 1. The number of nitro groups is 1. The molecule has 1 N–H and O–H groups in total. The van der Waals surface area contributed by atoms with Crippen LogP contribution < -0.4 is 5.32 Å². The lowest BCUT2D eigenvalue weighted by Gasteiger charge is -2.30. The van der Waals surface area contributed by atoms with Crippen LogP contribution in [0.15, 0.2) is 18.2 Å². The summed E-state index contributed by atoms with van der Waals surface area (Å²) >= 11 is 0. The van der Waals surface area contributed by atoms with Crippen LogP contribution in [0, 0.1) is 21.4 Å². The van der Waals surface area contributed by atoms with Crippen molar-refractivity contribution in [1.82, 2.24) is 0 Å². The van der Waals surface area contributed by atoms with Crippen LogP contribution in [0.1, 0.15) is 33.3 Å². The number of alkyl halides is 3. The maximum atomic E-state index is 12.9. The zero-order valence-electron chi connectivity index (χ0n) is 12.4. The molecule has 0 saturated heterocycles. The molecule has 1 rings (SSSR count). The summed E-state index contributed by atoms with van der Waals surface area (Å²) in [6.07, 6.45) is -4.76. The number of nitrogens with zero attached hydrogens (tertiary/aromatic N) is 1. The van der Waals surface area contributed by atoms with Crippen LogP contribution in [-0.2, 0) is 6.18 Å². The summed E-state index contributed by atoms with van der Waals surface area (Å²) in [4.78, 5) is 9.65. The summed E-state index contributed by atoms with van der Waals surface area (Å²) in [5.41, 5.74) is -2.06. The average molecular weight is 304 g/mol. The quantitative estimate of drug-likeness (QED) is 0.633. The van der Waals surface area contributed by atoms with Gasteiger partial charge in [-0.05, 0) is 23.5 Å². The van der Waals surface area contributed by atoms with E-state index in [1.807, 2.05) is 27.7 Å². The Hall–Kier alpha value is -1.79. The normalized spacial score (nSPS) is 12.6. The highest BCUT2D eigenvalue weighted by Crippen LogP contribution is 2.38. The van der Waals surface area contributed by atoms with E-state index in [1.165, 1.54) is 6.07 Å². The van der Waals surface area contributed by atoms with E-state index in [2.05, 4.69) is 5.32 Å². The zero-order chi connectivity index (χ0) is 16.4. The summed E-state index contributed by atoms with van der Waals surface area (Å²) < 4.78 is 38.6. The van der Waals surface area contributed by atoms with Gasteiger partial charge >= 0.3 is 6.18 Å². The van der Waals surface area contributed by atoms with Crippen molar-refractivity contribution in [3.05, 3.63) is 33.9 Å². The van der Waals surface area contributed by atoms with Gasteiger partial charge in [0.1, 0.15) is 5.56 Å². The van der Waals surface area contributed by atoms with E-state index in [4.69, 9.17) is 0 Å². The Labute approximate surface area is 121 Å². The first-order valence-corrected chi connectivity index (χ1v) is 6.54. The van der Waals surface area contributed by atoms with Crippen LogP contribution in [0.4, 0.5) is 24.5 Å². The smallest absolute Gasteiger partial charge is 0.384 e. The number of rotatable bonds is 5. The van der Waals surface area contributed by atoms with E-state index in [0.717, 1.165) is 12.1 Å². The third-order valence-electron chi connectivity index (χ3n) is 3.81. The van der Waals surface area contributed by atoms with Crippen LogP contribution >= 0.6 is 0 Å². The minimum atomic E-state index is -4.76. The lowest BCUT2D eigenvalue weighted by Crippen LogP contribution is -2.28. The lowest BCUT2D eigenvalue weighted by molar-refractivity contribution is -0.388. The second kappa shape index (κ2) is 5.91. The highest BCUT2D eigenvalue weighted by atomic mass is 19.4. The highest BCUT2D eigenvalue weighted by Gasteiger charge is 2.38. The molecule has 0 aliphatic heterocycles. The number of benzene rings is 1. The van der Waals surface area contributed by atoms with Gasteiger partial charge < -0.3 is 5.32 Å². The van der Waals surface area contributed by atoms with Gasteiger partial charge in [0, 0.05) is 18.3 Å². The minimum Gasteiger partial charge on any atom is -0.384 e. The number of nitrogens with one attached hydrogen (secondary N) is 1. The molecule has 0 bridgehead atoms. The Bertz CT molecular complexity index is 525. The predicted octanol–water partition coefficient (Wildman–Crippen LogP) is 4.71. The average Bonchev–Trinajstić information content (AvgIpc) is 2.34. The number of anilines is 1. The van der Waals surface area contributed by atoms with Crippen molar-refractivity contribution < 1.29 is 18.1 Å². The van der Waals surface area contributed by atoms with Crippen molar-refractivity contribution in [3.8, 4) is 0 Å². The van der Waals surface area contributed by atoms with Gasteiger partial charge in [0.25, 0.3) is 5.69 Å². The van der Waals surface area contributed by atoms with Gasteiger partial charge in [-0.1, -0.05) is 27.7 Å². The Morgan fingerprint density at radius 1 is 1.29 bits per heavy atom. The molecule has 0 radical (unpaired) electrons. The van der Waals surface area contributed by atoms with Gasteiger partial charge in [-0.25, -0.2) is 0 Å². The minimum absolute atomic E-state index is 0.111. The summed E-state index contributed by atoms with van der Waals surface area (Å²) in [6.45, 7) is 8.53. The molecule has 0 heterocycles. The van der Waals surface area contributed by atoms with Gasteiger partial charge in [0.05, 0.1) is 4.92 Å². The van der Waals surface area contributed by atoms with Crippen LogP contribution in [0.25, 0.3) is 0 Å². The molecule has 21 heavy (non-hydrogen) atoms. The molecule has 7 heteroatoms. The number of hydrogen-bond acceptors (Lipinski definition) is 3. The maximum absolute atomic E-state index is 12.9. The first kappa shape index (κ1) is 17.3. The van der Waals surface area contributed by atoms with Crippen molar-refractivity contribution in [2.45, 2.75) is 33.9 Å². The lowest BCUT2D eigenvalue weighted by atomic mass is 9.81. The molecule has 1 aromatic carbocycles. The Morgan fingerprint density at radius 2 is 1.86 bits per heavy atom. The Balaban J connectivity index is 3.04. The fourth-order valence-electron chi connectivity index (χ4n) is 1.57. The number of hydrogen-bond donors (Lipinski definition) is 1. The molecule has 0 aliphatic rings. The van der Waals surface area contributed by atoms with Crippen molar-refractivity contribution >= 4 is 11.4 Å². The Kier molecular flexibility index (Phi) is 4.86. The maximum Gasteiger partial charge on any atom is 0.423 e. The van der Waals surface area contributed by atoms with E-state index in [9.17, 15) is 23.3 Å². The van der Waals surface area contributed by atoms with Crippen molar-refractivity contribution in [2.75, 3.05) is 11.9 Å². The van der Waals surface area contributed by atoms with Gasteiger partial charge in [0.15, 0.2) is 0 Å². The fourth-order valence-corrected chi connectivity index (χ4v) is 1.57. The molecule has 0 spiro atoms. The van der Waals surface area contributed by atoms with Crippen LogP contribution in [0.3, 0.4) is 0 Å². The molecular formula is C14H19F3N2O2. The van der Waals surface area contributed by atoms with Crippen LogP contribution in [0.5, 0.6) is 0 Å². The van der Waals surface area contributed by atoms with Gasteiger partial charge in [-0.2, -0.15) is 13.2 Å². The fraction of sp³-hybridized carbons (Fsp3) is 0.571. The van der Waals surface area contributed by atoms with Gasteiger partial charge in [-0.3, -0.25) is 10.1 Å². The van der Waals surface area contributed by atoms with Crippen molar-refractivity contribution in [3.63, 3.8) is 0 Å². The van der Waals surface area contributed by atoms with E-state index in [-0.39, 0.29) is 11.1 Å². The molecular weight excluding hydrogens is 285 g/mol. The van der Waals surface area contributed by atoms with E-state index >= 15 is 0 Å². The largest absolute Gasteiger partial charge is 0.423 e. The second-order valence-electron chi connectivity index (χ2n) is 5.98. The van der Waals surface area contributed by atoms with Gasteiger partial charge in [-0.15, -0.1) is 0 Å². The first-order valence-electron chi connectivity index (χ1n) is 6.54. The molecule has 0 fully saturated rings. The summed E-state index contributed by atoms with van der Waals surface area (Å²) in [7, 11) is 0. The summed E-state index contributed by atoms with van der Waals surface area (Å²) in [5, 5.41) is 13.6. The third-order valence-corrected chi connectivity index (χ3v) is 3.81. The first-order chi connectivity index (χ1) is 9.45. The molecule has 0 aliphatic carbocycles. The number of halogens is 3. The van der Waals surface area contributed by atoms with Crippen molar-refractivity contribution in [2.24, 2.45) is 11.3 Å². The monoisotopic (exact) mass is 304 g/mol. The second-order valence-corrected chi connectivity index (χ2v) is 5.98. The molecule has 0 saturated carbocycles. The van der Waals surface area contributed by atoms with Crippen LogP contribution in [-0.4, -0.2) is 11.5 Å². The van der Waals surface area contributed by atoms with E-state index in [0.29, 0.717) is 12.5 Å².